The smallest absolute Gasteiger partial charge is 0.227 e. The molecule has 0 radical (unpaired) electrons. The van der Waals surface area contributed by atoms with Gasteiger partial charge in [-0.1, -0.05) is 60.7 Å². The first-order chi connectivity index (χ1) is 16.8. The number of rotatable bonds is 6. The van der Waals surface area contributed by atoms with Gasteiger partial charge < -0.3 is 15.0 Å². The summed E-state index contributed by atoms with van der Waals surface area (Å²) in [6.07, 6.45) is 1.52. The summed E-state index contributed by atoms with van der Waals surface area (Å²) in [5.74, 6) is 2.18. The van der Waals surface area contributed by atoms with Gasteiger partial charge in [0.05, 0.1) is 11.4 Å². The van der Waals surface area contributed by atoms with E-state index >= 15 is 0 Å². The lowest BCUT2D eigenvalue weighted by molar-refractivity contribution is -0.120. The number of nitrogens with zero attached hydrogens (tertiary/aromatic N) is 3. The monoisotopic (exact) mass is 450 g/mol. The highest BCUT2D eigenvalue weighted by Gasteiger charge is 2.26. The van der Waals surface area contributed by atoms with Crippen molar-refractivity contribution in [3.63, 3.8) is 0 Å². The minimum Gasteiger partial charge on any atom is -0.455 e. The van der Waals surface area contributed by atoms with E-state index in [-0.39, 0.29) is 11.8 Å². The Labute approximate surface area is 199 Å². The van der Waals surface area contributed by atoms with Gasteiger partial charge >= 0.3 is 0 Å². The Morgan fingerprint density at radius 2 is 1.47 bits per heavy atom. The topological polar surface area (TPSA) is 67.3 Å². The fraction of sp³-hybridized carbons (Fsp3) is 0.179. The first-order valence-corrected chi connectivity index (χ1v) is 11.5. The molecule has 3 aromatic carbocycles. The van der Waals surface area contributed by atoms with Crippen molar-refractivity contribution in [2.24, 2.45) is 5.92 Å². The van der Waals surface area contributed by atoms with E-state index in [1.54, 1.807) is 0 Å². The Hall–Kier alpha value is -4.19. The van der Waals surface area contributed by atoms with Gasteiger partial charge in [-0.15, -0.1) is 10.2 Å². The molecule has 1 aliphatic rings. The van der Waals surface area contributed by atoms with Crippen LogP contribution in [0.2, 0.25) is 0 Å². The summed E-state index contributed by atoms with van der Waals surface area (Å²) < 4.78 is 5.98. The first-order valence-electron chi connectivity index (χ1n) is 11.5. The number of para-hydroxylation sites is 3. The van der Waals surface area contributed by atoms with E-state index in [0.717, 1.165) is 48.8 Å². The maximum Gasteiger partial charge on any atom is 0.227 e. The van der Waals surface area contributed by atoms with Crippen LogP contribution in [0.5, 0.6) is 11.5 Å². The molecule has 1 aromatic heterocycles. The zero-order valence-corrected chi connectivity index (χ0v) is 18.8. The number of aromatic nitrogens is 2. The SMILES string of the molecule is O=C(Nc1ccccc1Oc1ccccc1)C1CCN(c2ccc(-c3ccccc3)nn2)CC1. The van der Waals surface area contributed by atoms with Gasteiger partial charge in [-0.25, -0.2) is 0 Å². The predicted octanol–water partition coefficient (Wildman–Crippen LogP) is 5.79. The second kappa shape index (κ2) is 10.2. The molecule has 0 unspecified atom stereocenters. The fourth-order valence-electron chi connectivity index (χ4n) is 4.14. The number of carbonyl (C=O) groups excluding carboxylic acids is 1. The highest BCUT2D eigenvalue weighted by Crippen LogP contribution is 2.31. The highest BCUT2D eigenvalue weighted by atomic mass is 16.5. The van der Waals surface area contributed by atoms with Crippen molar-refractivity contribution in [2.75, 3.05) is 23.3 Å². The Morgan fingerprint density at radius 1 is 0.794 bits per heavy atom. The van der Waals surface area contributed by atoms with Crippen LogP contribution in [0.3, 0.4) is 0 Å². The standard InChI is InChI=1S/C28H26N4O2/c33-28(29-25-13-7-8-14-26(25)34-23-11-5-2-6-12-23)22-17-19-32(20-18-22)27-16-15-24(30-31-27)21-9-3-1-4-10-21/h1-16,22H,17-20H2,(H,29,33). The molecule has 6 nitrogen and oxygen atoms in total. The highest BCUT2D eigenvalue weighted by molar-refractivity contribution is 5.94. The van der Waals surface area contributed by atoms with Crippen molar-refractivity contribution in [1.29, 1.82) is 0 Å². The number of nitrogens with one attached hydrogen (secondary N) is 1. The lowest BCUT2D eigenvalue weighted by atomic mass is 9.95. The zero-order chi connectivity index (χ0) is 23.2. The number of benzene rings is 3. The van der Waals surface area contributed by atoms with Crippen molar-refractivity contribution in [3.05, 3.63) is 97.1 Å². The number of carbonyl (C=O) groups is 1. The van der Waals surface area contributed by atoms with E-state index in [9.17, 15) is 4.79 Å². The van der Waals surface area contributed by atoms with E-state index in [0.29, 0.717) is 11.4 Å². The molecule has 34 heavy (non-hydrogen) atoms. The van der Waals surface area contributed by atoms with Gasteiger partial charge in [0.1, 0.15) is 5.75 Å². The first kappa shape index (κ1) is 21.6. The van der Waals surface area contributed by atoms with Gasteiger partial charge in [0, 0.05) is 24.6 Å². The molecular formula is C28H26N4O2. The van der Waals surface area contributed by atoms with E-state index < -0.39 is 0 Å². The molecule has 5 rings (SSSR count). The summed E-state index contributed by atoms with van der Waals surface area (Å²) in [6, 6.07) is 31.1. The van der Waals surface area contributed by atoms with E-state index in [1.807, 2.05) is 97.1 Å². The van der Waals surface area contributed by atoms with E-state index in [1.165, 1.54) is 0 Å². The largest absolute Gasteiger partial charge is 0.455 e. The van der Waals surface area contributed by atoms with Crippen LogP contribution in [0.4, 0.5) is 11.5 Å². The van der Waals surface area contributed by atoms with Crippen molar-refractivity contribution in [2.45, 2.75) is 12.8 Å². The Morgan fingerprint density at radius 3 is 2.18 bits per heavy atom. The summed E-state index contributed by atoms with van der Waals surface area (Å²) in [4.78, 5) is 15.2. The molecule has 1 fully saturated rings. The van der Waals surface area contributed by atoms with Gasteiger partial charge in [-0.3, -0.25) is 4.79 Å². The lowest BCUT2D eigenvalue weighted by Gasteiger charge is -2.32. The average molecular weight is 451 g/mol. The molecule has 0 spiro atoms. The molecular weight excluding hydrogens is 424 g/mol. The quantitative estimate of drug-likeness (QED) is 0.403. The van der Waals surface area contributed by atoms with Crippen molar-refractivity contribution < 1.29 is 9.53 Å². The second-order valence-electron chi connectivity index (χ2n) is 8.30. The minimum absolute atomic E-state index is 0.0225. The van der Waals surface area contributed by atoms with Crippen molar-refractivity contribution >= 4 is 17.4 Å². The van der Waals surface area contributed by atoms with E-state index in [4.69, 9.17) is 4.74 Å². The molecule has 1 amide bonds. The third-order valence-corrected chi connectivity index (χ3v) is 6.03. The molecule has 0 atom stereocenters. The van der Waals surface area contributed by atoms with Crippen LogP contribution in [0, 0.1) is 5.92 Å². The van der Waals surface area contributed by atoms with Crippen molar-refractivity contribution in [1.82, 2.24) is 10.2 Å². The summed E-state index contributed by atoms with van der Waals surface area (Å²) >= 11 is 0. The molecule has 0 bridgehead atoms. The molecule has 170 valence electrons. The van der Waals surface area contributed by atoms with Gasteiger partial charge in [0.15, 0.2) is 11.6 Å². The maximum absolute atomic E-state index is 13.0. The number of ether oxygens (including phenoxy) is 1. The minimum atomic E-state index is -0.0578. The van der Waals surface area contributed by atoms with Crippen LogP contribution < -0.4 is 15.0 Å². The maximum atomic E-state index is 13.0. The number of hydrogen-bond donors (Lipinski definition) is 1. The fourth-order valence-corrected chi connectivity index (χ4v) is 4.14. The van der Waals surface area contributed by atoms with Gasteiger partial charge in [-0.05, 0) is 49.2 Å². The zero-order valence-electron chi connectivity index (χ0n) is 18.8. The third-order valence-electron chi connectivity index (χ3n) is 6.03. The van der Waals surface area contributed by atoms with Crippen molar-refractivity contribution in [3.8, 4) is 22.8 Å². The molecule has 1 N–H and O–H groups in total. The molecule has 1 saturated heterocycles. The van der Waals surface area contributed by atoms with Crippen LogP contribution in [0.1, 0.15) is 12.8 Å². The number of piperidine rings is 1. The van der Waals surface area contributed by atoms with Gasteiger partial charge in [-0.2, -0.15) is 0 Å². The van der Waals surface area contributed by atoms with Gasteiger partial charge in [0.25, 0.3) is 0 Å². The number of anilines is 2. The molecule has 2 heterocycles. The van der Waals surface area contributed by atoms with Crippen LogP contribution in [-0.2, 0) is 4.79 Å². The normalized spacial score (nSPS) is 13.9. The lowest BCUT2D eigenvalue weighted by Crippen LogP contribution is -2.38. The van der Waals surface area contributed by atoms with Crippen LogP contribution >= 0.6 is 0 Å². The summed E-state index contributed by atoms with van der Waals surface area (Å²) in [5, 5.41) is 11.9. The average Bonchev–Trinajstić information content (AvgIpc) is 2.91. The summed E-state index contributed by atoms with van der Waals surface area (Å²) in [6.45, 7) is 1.53. The second-order valence-corrected chi connectivity index (χ2v) is 8.30. The number of amides is 1. The van der Waals surface area contributed by atoms with Gasteiger partial charge in [0.2, 0.25) is 5.91 Å². The van der Waals surface area contributed by atoms with Crippen LogP contribution in [0.25, 0.3) is 11.3 Å². The molecule has 0 aliphatic carbocycles. The number of hydrogen-bond acceptors (Lipinski definition) is 5. The summed E-state index contributed by atoms with van der Waals surface area (Å²) in [5.41, 5.74) is 2.59. The summed E-state index contributed by atoms with van der Waals surface area (Å²) in [7, 11) is 0. The molecule has 0 saturated carbocycles. The Kier molecular flexibility index (Phi) is 6.47. The Balaban J connectivity index is 1.18. The van der Waals surface area contributed by atoms with Crippen LogP contribution in [-0.4, -0.2) is 29.2 Å². The van der Waals surface area contributed by atoms with Crippen LogP contribution in [0.15, 0.2) is 97.1 Å². The third kappa shape index (κ3) is 5.07. The Bertz CT molecular complexity index is 1220. The molecule has 1 aliphatic heterocycles. The predicted molar refractivity (Wildman–Crippen MR) is 134 cm³/mol. The van der Waals surface area contributed by atoms with E-state index in [2.05, 4.69) is 20.4 Å². The molecule has 4 aromatic rings. The molecule has 6 heteroatoms.